The molecule has 0 saturated carbocycles. The number of piperidine rings is 1. The molecule has 30 heavy (non-hydrogen) atoms. The van der Waals surface area contributed by atoms with E-state index in [1.165, 1.54) is 11.5 Å². The van der Waals surface area contributed by atoms with Crippen LogP contribution in [0.1, 0.15) is 18.5 Å². The van der Waals surface area contributed by atoms with Gasteiger partial charge in [-0.2, -0.15) is 19.1 Å². The Morgan fingerprint density at radius 1 is 1.13 bits per heavy atom. The molecule has 4 aromatic heterocycles. The van der Waals surface area contributed by atoms with Gasteiger partial charge < -0.3 is 15.5 Å². The molecule has 0 aliphatic carbocycles. The molecular weight excluding hydrogens is 398 g/mol. The molecule has 0 unspecified atom stereocenters. The molecule has 1 aliphatic rings. The second-order valence-electron chi connectivity index (χ2n) is 7.70. The lowest BCUT2D eigenvalue weighted by Gasteiger charge is -2.32. The van der Waals surface area contributed by atoms with E-state index in [0.717, 1.165) is 65.0 Å². The minimum Gasteiger partial charge on any atom is -0.356 e. The molecule has 1 fully saturated rings. The molecule has 0 aromatic carbocycles. The summed E-state index contributed by atoms with van der Waals surface area (Å²) in [6, 6.07) is 4.70. The first-order valence-corrected chi connectivity index (χ1v) is 10.9. The third-order valence-corrected chi connectivity index (χ3v) is 6.38. The van der Waals surface area contributed by atoms with Gasteiger partial charge in [0.15, 0.2) is 5.65 Å². The molecule has 5 rings (SSSR count). The highest BCUT2D eigenvalue weighted by Gasteiger charge is 2.22. The quantitative estimate of drug-likeness (QED) is 0.510. The highest BCUT2D eigenvalue weighted by Crippen LogP contribution is 2.31. The van der Waals surface area contributed by atoms with Crippen LogP contribution in [-0.4, -0.2) is 54.9 Å². The van der Waals surface area contributed by atoms with Gasteiger partial charge in [0.2, 0.25) is 0 Å². The Morgan fingerprint density at radius 3 is 2.63 bits per heavy atom. The maximum atomic E-state index is 5.02. The van der Waals surface area contributed by atoms with Crippen LogP contribution < -0.4 is 15.5 Å². The van der Waals surface area contributed by atoms with E-state index in [9.17, 15) is 0 Å². The summed E-state index contributed by atoms with van der Waals surface area (Å²) in [7, 11) is 3.95. The first-order valence-electron chi connectivity index (χ1n) is 10.1. The molecule has 0 spiro atoms. The van der Waals surface area contributed by atoms with Crippen molar-refractivity contribution in [2.75, 3.05) is 30.4 Å². The van der Waals surface area contributed by atoms with Gasteiger partial charge in [0.25, 0.3) is 0 Å². The van der Waals surface area contributed by atoms with Crippen molar-refractivity contribution in [3.63, 3.8) is 0 Å². The van der Waals surface area contributed by atoms with Crippen LogP contribution in [-0.2, 0) is 7.05 Å². The summed E-state index contributed by atoms with van der Waals surface area (Å²) in [5.74, 6) is 1.84. The van der Waals surface area contributed by atoms with Gasteiger partial charge in [-0.05, 0) is 44.4 Å². The van der Waals surface area contributed by atoms with Crippen molar-refractivity contribution in [3.05, 3.63) is 36.4 Å². The van der Waals surface area contributed by atoms with Crippen LogP contribution in [0.3, 0.4) is 0 Å². The highest BCUT2D eigenvalue weighted by atomic mass is 32.1. The maximum absolute atomic E-state index is 5.02. The first kappa shape index (κ1) is 19.0. The lowest BCUT2D eigenvalue weighted by atomic mass is 10.1. The summed E-state index contributed by atoms with van der Waals surface area (Å²) in [4.78, 5) is 7.38. The lowest BCUT2D eigenvalue weighted by molar-refractivity contribution is 0.441. The number of hydrogen-bond acceptors (Lipinski definition) is 8. The van der Waals surface area contributed by atoms with Crippen molar-refractivity contribution in [2.45, 2.75) is 25.8 Å². The Hall–Kier alpha value is -2.98. The normalized spacial score (nSPS) is 15.2. The van der Waals surface area contributed by atoms with Crippen LogP contribution in [0.25, 0.3) is 16.8 Å². The minimum atomic E-state index is 0.573. The monoisotopic (exact) mass is 423 g/mol. The first-order chi connectivity index (χ1) is 14.6. The van der Waals surface area contributed by atoms with Crippen LogP contribution in [0.4, 0.5) is 16.6 Å². The summed E-state index contributed by atoms with van der Waals surface area (Å²) in [6.07, 6.45) is 7.91. The van der Waals surface area contributed by atoms with E-state index in [1.54, 1.807) is 4.68 Å². The molecule has 0 radical (unpaired) electrons. The highest BCUT2D eigenvalue weighted by molar-refractivity contribution is 7.10. The number of nitrogens with zero attached hydrogens (tertiary/aromatic N) is 7. The molecule has 9 nitrogen and oxygen atoms in total. The third-order valence-electron chi connectivity index (χ3n) is 5.58. The van der Waals surface area contributed by atoms with Gasteiger partial charge in [0, 0.05) is 49.6 Å². The number of aromatic nitrogens is 6. The Morgan fingerprint density at radius 2 is 1.97 bits per heavy atom. The van der Waals surface area contributed by atoms with E-state index in [2.05, 4.69) is 36.2 Å². The SMILES string of the molecule is CNC1CCN(c2cc(Nc3cc(C)ns3)n3ncc(-c4cnn(C)c4)c3n2)CC1. The van der Waals surface area contributed by atoms with Crippen LogP contribution >= 0.6 is 11.5 Å². The Bertz CT molecular complexity index is 1170. The van der Waals surface area contributed by atoms with Gasteiger partial charge >= 0.3 is 0 Å². The summed E-state index contributed by atoms with van der Waals surface area (Å²) in [5.41, 5.74) is 3.79. The summed E-state index contributed by atoms with van der Waals surface area (Å²) < 4.78 is 8.04. The number of hydrogen-bond donors (Lipinski definition) is 2. The van der Waals surface area contributed by atoms with Crippen molar-refractivity contribution >= 4 is 33.8 Å². The van der Waals surface area contributed by atoms with Crippen molar-refractivity contribution in [1.29, 1.82) is 0 Å². The topological polar surface area (TPSA) is 88.2 Å². The van der Waals surface area contributed by atoms with Crippen LogP contribution in [0, 0.1) is 6.92 Å². The molecule has 0 amide bonds. The van der Waals surface area contributed by atoms with Crippen LogP contribution in [0.5, 0.6) is 0 Å². The average Bonchev–Trinajstić information content (AvgIpc) is 3.48. The van der Waals surface area contributed by atoms with Gasteiger partial charge in [-0.25, -0.2) is 4.98 Å². The van der Waals surface area contributed by atoms with Crippen molar-refractivity contribution in [2.24, 2.45) is 7.05 Å². The molecule has 0 atom stereocenters. The van der Waals surface area contributed by atoms with Crippen molar-refractivity contribution in [1.82, 2.24) is 34.1 Å². The molecule has 10 heteroatoms. The summed E-state index contributed by atoms with van der Waals surface area (Å²) in [6.45, 7) is 3.95. The Labute approximate surface area is 178 Å². The maximum Gasteiger partial charge on any atom is 0.167 e. The third kappa shape index (κ3) is 3.52. The average molecular weight is 424 g/mol. The number of anilines is 3. The number of nitrogens with one attached hydrogen (secondary N) is 2. The second kappa shape index (κ2) is 7.69. The smallest absolute Gasteiger partial charge is 0.167 e. The van der Waals surface area contributed by atoms with Gasteiger partial charge in [-0.15, -0.1) is 0 Å². The van der Waals surface area contributed by atoms with Crippen LogP contribution in [0.15, 0.2) is 30.7 Å². The van der Waals surface area contributed by atoms with Gasteiger partial charge in [0.1, 0.15) is 16.6 Å². The van der Waals surface area contributed by atoms with Crippen molar-refractivity contribution < 1.29 is 0 Å². The number of fused-ring (bicyclic) bond motifs is 1. The fourth-order valence-corrected chi connectivity index (χ4v) is 4.58. The van der Waals surface area contributed by atoms with Gasteiger partial charge in [-0.3, -0.25) is 4.68 Å². The van der Waals surface area contributed by atoms with Gasteiger partial charge in [0.05, 0.1) is 18.1 Å². The van der Waals surface area contributed by atoms with Crippen LogP contribution in [0.2, 0.25) is 0 Å². The van der Waals surface area contributed by atoms with E-state index in [-0.39, 0.29) is 0 Å². The molecule has 5 heterocycles. The zero-order valence-electron chi connectivity index (χ0n) is 17.3. The van der Waals surface area contributed by atoms with E-state index in [1.807, 2.05) is 50.2 Å². The molecule has 156 valence electrons. The van der Waals surface area contributed by atoms with E-state index < -0.39 is 0 Å². The number of aryl methyl sites for hydroxylation is 2. The Kier molecular flexibility index (Phi) is 4.87. The molecule has 0 bridgehead atoms. The lowest BCUT2D eigenvalue weighted by Crippen LogP contribution is -2.41. The van der Waals surface area contributed by atoms with Crippen molar-refractivity contribution in [3.8, 4) is 11.1 Å². The molecule has 1 saturated heterocycles. The predicted molar refractivity (Wildman–Crippen MR) is 120 cm³/mol. The molecule has 4 aromatic rings. The Balaban J connectivity index is 1.59. The standard InChI is InChI=1S/C20H25N9S/c1-13-8-19(30-26-13)24-18-9-17(28-6-4-15(21-2)5-7-28)25-20-16(11-23-29(18)20)14-10-22-27(3)12-14/h8-12,15,21,24H,4-7H2,1-3H3. The fraction of sp³-hybridized carbons (Fsp3) is 0.400. The van der Waals surface area contributed by atoms with E-state index in [4.69, 9.17) is 4.98 Å². The molecule has 2 N–H and O–H groups in total. The molecule has 1 aliphatic heterocycles. The van der Waals surface area contributed by atoms with E-state index in [0.29, 0.717) is 6.04 Å². The number of rotatable bonds is 5. The molecular formula is C20H25N9S. The van der Waals surface area contributed by atoms with Gasteiger partial charge in [-0.1, -0.05) is 0 Å². The summed E-state index contributed by atoms with van der Waals surface area (Å²) >= 11 is 1.45. The summed E-state index contributed by atoms with van der Waals surface area (Å²) in [5, 5.41) is 16.8. The zero-order valence-corrected chi connectivity index (χ0v) is 18.1. The predicted octanol–water partition coefficient (Wildman–Crippen LogP) is 2.83. The largest absolute Gasteiger partial charge is 0.356 e. The van der Waals surface area contributed by atoms with E-state index >= 15 is 0 Å². The second-order valence-corrected chi connectivity index (χ2v) is 8.51. The zero-order chi connectivity index (χ0) is 20.7. The fourth-order valence-electron chi connectivity index (χ4n) is 3.91. The minimum absolute atomic E-state index is 0.573.